The van der Waals surface area contributed by atoms with E-state index >= 15 is 0 Å². The van der Waals surface area contributed by atoms with Gasteiger partial charge < -0.3 is 10.2 Å². The highest BCUT2D eigenvalue weighted by Gasteiger charge is 2.20. The fraction of sp³-hybridized carbons (Fsp3) is 0.444. The quantitative estimate of drug-likeness (QED) is 0.914. The number of fused-ring (bicyclic) bond motifs is 1. The minimum absolute atomic E-state index is 0.0621. The number of carbonyl (C=O) groups is 1. The van der Waals surface area contributed by atoms with Crippen molar-refractivity contribution in [2.24, 2.45) is 0 Å². The molecule has 3 rings (SSSR count). The van der Waals surface area contributed by atoms with Crippen LogP contribution in [0, 0.1) is 6.92 Å². The van der Waals surface area contributed by atoms with Gasteiger partial charge in [0, 0.05) is 30.4 Å². The second-order valence-electron chi connectivity index (χ2n) is 6.25. The summed E-state index contributed by atoms with van der Waals surface area (Å²) in [5, 5.41) is 4.04. The van der Waals surface area contributed by atoms with E-state index in [1.165, 1.54) is 22.6 Å². The van der Waals surface area contributed by atoms with E-state index in [0.717, 1.165) is 35.9 Å². The van der Waals surface area contributed by atoms with Gasteiger partial charge in [0.2, 0.25) is 0 Å². The number of thiazole rings is 1. The molecule has 122 valence electrons. The van der Waals surface area contributed by atoms with Crippen LogP contribution >= 0.6 is 11.3 Å². The Bertz CT molecular complexity index is 736. The van der Waals surface area contributed by atoms with Gasteiger partial charge in [0.25, 0.3) is 5.91 Å². The topological polar surface area (TPSA) is 45.2 Å². The van der Waals surface area contributed by atoms with Gasteiger partial charge in [0.15, 0.2) is 0 Å². The van der Waals surface area contributed by atoms with Gasteiger partial charge in [0.05, 0.1) is 10.7 Å². The zero-order chi connectivity index (χ0) is 16.6. The van der Waals surface area contributed by atoms with Crippen molar-refractivity contribution in [1.82, 2.24) is 4.98 Å². The Morgan fingerprint density at radius 2 is 2.22 bits per heavy atom. The summed E-state index contributed by atoms with van der Waals surface area (Å²) < 4.78 is 0. The smallest absolute Gasteiger partial charge is 0.267 e. The molecule has 1 aliphatic rings. The lowest BCUT2D eigenvalue weighted by atomic mass is 10.1. The van der Waals surface area contributed by atoms with Crippen LogP contribution in [0.2, 0.25) is 0 Å². The fourth-order valence-corrected chi connectivity index (χ4v) is 3.88. The predicted molar refractivity (Wildman–Crippen MR) is 96.9 cm³/mol. The van der Waals surface area contributed by atoms with E-state index in [1.54, 1.807) is 0 Å². The second-order valence-corrected chi connectivity index (χ2v) is 7.28. The van der Waals surface area contributed by atoms with E-state index in [4.69, 9.17) is 0 Å². The van der Waals surface area contributed by atoms with Crippen molar-refractivity contribution in [3.05, 3.63) is 39.3 Å². The van der Waals surface area contributed by atoms with Crippen molar-refractivity contribution >= 4 is 28.6 Å². The maximum atomic E-state index is 12.6. The highest BCUT2D eigenvalue weighted by molar-refractivity contribution is 7.14. The maximum Gasteiger partial charge on any atom is 0.267 e. The molecular formula is C18H23N3OS. The van der Waals surface area contributed by atoms with Gasteiger partial charge >= 0.3 is 0 Å². The van der Waals surface area contributed by atoms with Crippen molar-refractivity contribution in [1.29, 1.82) is 0 Å². The monoisotopic (exact) mass is 329 g/mol. The average molecular weight is 329 g/mol. The molecule has 0 atom stereocenters. The number of hydrogen-bond acceptors (Lipinski definition) is 4. The molecule has 2 heterocycles. The summed E-state index contributed by atoms with van der Waals surface area (Å²) in [6.07, 6.45) is 1.09. The molecule has 4 nitrogen and oxygen atoms in total. The van der Waals surface area contributed by atoms with Gasteiger partial charge in [-0.25, -0.2) is 4.98 Å². The Kier molecular flexibility index (Phi) is 4.39. The lowest BCUT2D eigenvalue weighted by Gasteiger charge is -2.17. The van der Waals surface area contributed by atoms with Gasteiger partial charge in [-0.15, -0.1) is 11.3 Å². The molecule has 0 unspecified atom stereocenters. The summed E-state index contributed by atoms with van der Waals surface area (Å²) in [6, 6.07) is 6.21. The number of nitrogens with one attached hydrogen (secondary N) is 1. The molecule has 0 aliphatic carbocycles. The maximum absolute atomic E-state index is 12.6. The van der Waals surface area contributed by atoms with Crippen LogP contribution in [0.15, 0.2) is 18.2 Å². The molecule has 1 aromatic carbocycles. The van der Waals surface area contributed by atoms with Gasteiger partial charge in [-0.1, -0.05) is 19.9 Å². The van der Waals surface area contributed by atoms with Gasteiger partial charge in [-0.05, 0) is 38.0 Å². The van der Waals surface area contributed by atoms with Crippen LogP contribution in [-0.2, 0) is 6.42 Å². The van der Waals surface area contributed by atoms with Gasteiger partial charge in [-0.2, -0.15) is 0 Å². The summed E-state index contributed by atoms with van der Waals surface area (Å²) in [5.41, 5.74) is 4.27. The molecule has 1 aliphatic heterocycles. The van der Waals surface area contributed by atoms with Crippen LogP contribution in [-0.4, -0.2) is 24.0 Å². The van der Waals surface area contributed by atoms with E-state index < -0.39 is 0 Å². The molecule has 0 fully saturated rings. The Labute approximate surface area is 141 Å². The molecule has 23 heavy (non-hydrogen) atoms. The van der Waals surface area contributed by atoms with E-state index in [0.29, 0.717) is 10.8 Å². The number of amides is 1. The predicted octanol–water partition coefficient (Wildman–Crippen LogP) is 4.21. The molecule has 2 aromatic rings. The zero-order valence-corrected chi connectivity index (χ0v) is 15.0. The van der Waals surface area contributed by atoms with E-state index in [-0.39, 0.29) is 5.91 Å². The first-order chi connectivity index (χ1) is 11.0. The molecule has 0 radical (unpaired) electrons. The number of aryl methyl sites for hydroxylation is 1. The minimum Gasteiger partial charge on any atom is -0.371 e. The third-order valence-electron chi connectivity index (χ3n) is 4.23. The summed E-state index contributed by atoms with van der Waals surface area (Å²) >= 11 is 1.49. The van der Waals surface area contributed by atoms with Crippen LogP contribution in [0.4, 0.5) is 11.4 Å². The Morgan fingerprint density at radius 1 is 1.43 bits per heavy atom. The third kappa shape index (κ3) is 3.11. The highest BCUT2D eigenvalue weighted by Crippen LogP contribution is 2.31. The van der Waals surface area contributed by atoms with E-state index in [1.807, 2.05) is 13.0 Å². The number of hydrogen-bond donors (Lipinski definition) is 1. The molecular weight excluding hydrogens is 306 g/mol. The van der Waals surface area contributed by atoms with E-state index in [2.05, 4.69) is 48.1 Å². The van der Waals surface area contributed by atoms with Crippen molar-refractivity contribution in [3.8, 4) is 0 Å². The van der Waals surface area contributed by atoms with Crippen molar-refractivity contribution in [2.45, 2.75) is 40.0 Å². The number of nitrogens with zero attached hydrogens (tertiary/aromatic N) is 2. The Hall–Kier alpha value is -1.88. The lowest BCUT2D eigenvalue weighted by Crippen LogP contribution is -2.19. The van der Waals surface area contributed by atoms with Crippen LogP contribution < -0.4 is 10.2 Å². The molecule has 1 N–H and O–H groups in total. The summed E-state index contributed by atoms with van der Waals surface area (Å²) in [5.74, 6) is 0.284. The number of rotatable bonds is 4. The van der Waals surface area contributed by atoms with Crippen molar-refractivity contribution in [3.63, 3.8) is 0 Å². The normalized spacial score (nSPS) is 13.5. The third-order valence-corrected chi connectivity index (χ3v) is 5.69. The largest absolute Gasteiger partial charge is 0.371 e. The lowest BCUT2D eigenvalue weighted by molar-refractivity contribution is 0.103. The molecule has 0 spiro atoms. The van der Waals surface area contributed by atoms with E-state index in [9.17, 15) is 4.79 Å². The van der Waals surface area contributed by atoms with Crippen molar-refractivity contribution in [2.75, 3.05) is 23.3 Å². The van der Waals surface area contributed by atoms with Crippen LogP contribution in [0.3, 0.4) is 0 Å². The molecule has 0 saturated heterocycles. The average Bonchev–Trinajstić information content (AvgIpc) is 3.10. The first-order valence-corrected chi connectivity index (χ1v) is 8.97. The van der Waals surface area contributed by atoms with Gasteiger partial charge in [-0.3, -0.25) is 4.79 Å². The summed E-state index contributed by atoms with van der Waals surface area (Å²) in [6.45, 7) is 10.3. The Balaban J connectivity index is 1.81. The second kappa shape index (κ2) is 6.32. The summed E-state index contributed by atoms with van der Waals surface area (Å²) in [4.78, 5) is 20.1. The Morgan fingerprint density at radius 3 is 2.87 bits per heavy atom. The fourth-order valence-electron chi connectivity index (χ4n) is 2.91. The zero-order valence-electron chi connectivity index (χ0n) is 14.1. The van der Waals surface area contributed by atoms with Crippen molar-refractivity contribution < 1.29 is 4.79 Å². The van der Waals surface area contributed by atoms with Crippen LogP contribution in [0.5, 0.6) is 0 Å². The van der Waals surface area contributed by atoms with Crippen LogP contribution in [0.1, 0.15) is 52.6 Å². The number of benzene rings is 1. The minimum atomic E-state index is -0.0621. The molecule has 5 heteroatoms. The standard InChI is InChI=1S/C18H23N3OS/c1-5-21-9-8-13-6-7-14(10-15(13)21)20-17(22)16-12(4)19-18(23-16)11(2)3/h6-7,10-11H,5,8-9H2,1-4H3,(H,20,22). The molecule has 0 saturated carbocycles. The summed E-state index contributed by atoms with van der Waals surface area (Å²) in [7, 11) is 0. The first-order valence-electron chi connectivity index (χ1n) is 8.16. The number of anilines is 2. The number of likely N-dealkylation sites (N-methyl/N-ethyl adjacent to an activating group) is 1. The molecule has 1 aromatic heterocycles. The molecule has 1 amide bonds. The first kappa shape index (κ1) is 16.0. The molecule has 0 bridgehead atoms. The van der Waals surface area contributed by atoms with Gasteiger partial charge in [0.1, 0.15) is 4.88 Å². The van der Waals surface area contributed by atoms with Crippen LogP contribution in [0.25, 0.3) is 0 Å². The SMILES string of the molecule is CCN1CCc2ccc(NC(=O)c3sc(C(C)C)nc3C)cc21. The number of carbonyl (C=O) groups excluding carboxylic acids is 1. The highest BCUT2D eigenvalue weighted by atomic mass is 32.1. The number of aromatic nitrogens is 1.